The summed E-state index contributed by atoms with van der Waals surface area (Å²) in [5.41, 5.74) is 3.19. The molecule has 15 heavy (non-hydrogen) atoms. The van der Waals surface area contributed by atoms with E-state index < -0.39 is 5.97 Å². The Bertz CT molecular complexity index is 492. The lowest BCUT2D eigenvalue weighted by atomic mass is 10.1. The number of nitrogens with one attached hydrogen (secondary N) is 2. The molecule has 0 radical (unpaired) electrons. The molecular formula is C9H10N4O2. The van der Waals surface area contributed by atoms with Crippen LogP contribution in [0.25, 0.3) is 11.3 Å². The fourth-order valence-corrected chi connectivity index (χ4v) is 1.49. The van der Waals surface area contributed by atoms with Crippen molar-refractivity contribution in [2.24, 2.45) is 0 Å². The summed E-state index contributed by atoms with van der Waals surface area (Å²) in [6, 6.07) is 1.49. The fraction of sp³-hybridized carbons (Fsp3) is 0.222. The van der Waals surface area contributed by atoms with E-state index in [0.29, 0.717) is 5.69 Å². The molecule has 0 saturated heterocycles. The quantitative estimate of drug-likeness (QED) is 0.686. The number of aryl methyl sites for hydroxylation is 2. The molecule has 78 valence electrons. The van der Waals surface area contributed by atoms with Gasteiger partial charge < -0.3 is 5.11 Å². The zero-order chi connectivity index (χ0) is 11.0. The van der Waals surface area contributed by atoms with Crippen molar-refractivity contribution in [2.45, 2.75) is 13.8 Å². The van der Waals surface area contributed by atoms with Crippen LogP contribution in [0.5, 0.6) is 0 Å². The number of hydrogen-bond acceptors (Lipinski definition) is 3. The van der Waals surface area contributed by atoms with Crippen LogP contribution >= 0.6 is 0 Å². The minimum atomic E-state index is -1.02. The van der Waals surface area contributed by atoms with Gasteiger partial charge in [-0.15, -0.1) is 0 Å². The molecule has 0 atom stereocenters. The van der Waals surface area contributed by atoms with Crippen molar-refractivity contribution in [2.75, 3.05) is 0 Å². The molecule has 0 aliphatic rings. The highest BCUT2D eigenvalue weighted by atomic mass is 16.4. The molecule has 2 rings (SSSR count). The van der Waals surface area contributed by atoms with Gasteiger partial charge in [0.05, 0.1) is 11.4 Å². The van der Waals surface area contributed by atoms with E-state index in [1.165, 1.54) is 6.07 Å². The molecule has 0 aliphatic carbocycles. The van der Waals surface area contributed by atoms with Crippen LogP contribution in [0.15, 0.2) is 6.07 Å². The molecule has 6 nitrogen and oxygen atoms in total. The van der Waals surface area contributed by atoms with E-state index in [0.717, 1.165) is 17.0 Å². The highest BCUT2D eigenvalue weighted by Crippen LogP contribution is 2.23. The Balaban J connectivity index is 2.50. The van der Waals surface area contributed by atoms with Crippen molar-refractivity contribution in [1.29, 1.82) is 0 Å². The molecule has 2 heterocycles. The normalized spacial score (nSPS) is 10.5. The zero-order valence-electron chi connectivity index (χ0n) is 8.33. The third-order valence-electron chi connectivity index (χ3n) is 2.19. The second kappa shape index (κ2) is 3.23. The summed E-state index contributed by atoms with van der Waals surface area (Å²) in [7, 11) is 0. The average molecular weight is 206 g/mol. The smallest absolute Gasteiger partial charge is 0.353 e. The number of carboxylic acids is 1. The summed E-state index contributed by atoms with van der Waals surface area (Å²) in [5, 5.41) is 22.0. The summed E-state index contributed by atoms with van der Waals surface area (Å²) in [6.07, 6.45) is 0. The summed E-state index contributed by atoms with van der Waals surface area (Å²) in [4.78, 5) is 10.7. The van der Waals surface area contributed by atoms with Crippen LogP contribution in [0.1, 0.15) is 21.9 Å². The maximum atomic E-state index is 10.7. The number of nitrogens with zero attached hydrogens (tertiary/aromatic N) is 2. The van der Waals surface area contributed by atoms with Gasteiger partial charge in [0.25, 0.3) is 0 Å². The Morgan fingerprint density at radius 1 is 1.33 bits per heavy atom. The minimum Gasteiger partial charge on any atom is -0.477 e. The molecule has 6 heteroatoms. The lowest BCUT2D eigenvalue weighted by Gasteiger charge is -1.93. The van der Waals surface area contributed by atoms with E-state index in [2.05, 4.69) is 20.4 Å². The number of aromatic amines is 2. The largest absolute Gasteiger partial charge is 0.477 e. The summed E-state index contributed by atoms with van der Waals surface area (Å²) in [5.74, 6) is -1.02. The second-order valence-electron chi connectivity index (χ2n) is 3.28. The van der Waals surface area contributed by atoms with Gasteiger partial charge in [-0.3, -0.25) is 10.2 Å². The predicted molar refractivity (Wildman–Crippen MR) is 52.6 cm³/mol. The number of aromatic carboxylic acids is 1. The van der Waals surface area contributed by atoms with E-state index in [1.807, 2.05) is 13.8 Å². The van der Waals surface area contributed by atoms with Crippen molar-refractivity contribution in [3.63, 3.8) is 0 Å². The van der Waals surface area contributed by atoms with E-state index in [9.17, 15) is 4.79 Å². The van der Waals surface area contributed by atoms with E-state index in [1.54, 1.807) is 0 Å². The van der Waals surface area contributed by atoms with Crippen LogP contribution < -0.4 is 0 Å². The molecule has 0 saturated carbocycles. The van der Waals surface area contributed by atoms with Crippen molar-refractivity contribution in [3.8, 4) is 11.3 Å². The molecular weight excluding hydrogens is 196 g/mol. The molecule has 3 N–H and O–H groups in total. The summed E-state index contributed by atoms with van der Waals surface area (Å²) in [6.45, 7) is 3.71. The molecule has 0 spiro atoms. The van der Waals surface area contributed by atoms with Crippen molar-refractivity contribution < 1.29 is 9.90 Å². The Morgan fingerprint density at radius 2 is 2.07 bits per heavy atom. The molecule has 2 aromatic rings. The number of carbonyl (C=O) groups is 1. The van der Waals surface area contributed by atoms with Gasteiger partial charge in [-0.05, 0) is 19.9 Å². The molecule has 0 aromatic carbocycles. The van der Waals surface area contributed by atoms with Crippen molar-refractivity contribution in [3.05, 3.63) is 23.1 Å². The summed E-state index contributed by atoms with van der Waals surface area (Å²) >= 11 is 0. The van der Waals surface area contributed by atoms with E-state index in [4.69, 9.17) is 5.11 Å². The van der Waals surface area contributed by atoms with E-state index in [-0.39, 0.29) is 5.69 Å². The molecule has 0 aliphatic heterocycles. The Morgan fingerprint density at radius 3 is 2.53 bits per heavy atom. The zero-order valence-corrected chi connectivity index (χ0v) is 8.33. The van der Waals surface area contributed by atoms with Gasteiger partial charge in [-0.1, -0.05) is 0 Å². The predicted octanol–water partition coefficient (Wildman–Crippen LogP) is 1.11. The third-order valence-corrected chi connectivity index (χ3v) is 2.19. The maximum absolute atomic E-state index is 10.7. The highest BCUT2D eigenvalue weighted by Gasteiger charge is 2.14. The highest BCUT2D eigenvalue weighted by molar-refractivity contribution is 5.87. The first-order chi connectivity index (χ1) is 7.09. The Labute approximate surface area is 85.3 Å². The Kier molecular flexibility index (Phi) is 2.03. The topological polar surface area (TPSA) is 94.7 Å². The van der Waals surface area contributed by atoms with Gasteiger partial charge in [-0.2, -0.15) is 10.2 Å². The number of rotatable bonds is 2. The van der Waals surface area contributed by atoms with Crippen LogP contribution in [0, 0.1) is 13.8 Å². The van der Waals surface area contributed by atoms with Gasteiger partial charge in [-0.25, -0.2) is 4.79 Å². The van der Waals surface area contributed by atoms with Crippen LogP contribution in [-0.2, 0) is 0 Å². The monoisotopic (exact) mass is 206 g/mol. The minimum absolute atomic E-state index is 0.0741. The first-order valence-corrected chi connectivity index (χ1v) is 4.40. The molecule has 0 unspecified atom stereocenters. The van der Waals surface area contributed by atoms with Crippen molar-refractivity contribution in [1.82, 2.24) is 20.4 Å². The molecule has 0 amide bonds. The van der Waals surface area contributed by atoms with Crippen molar-refractivity contribution >= 4 is 5.97 Å². The second-order valence-corrected chi connectivity index (χ2v) is 3.28. The van der Waals surface area contributed by atoms with Crippen LogP contribution in [0.4, 0.5) is 0 Å². The molecule has 2 aromatic heterocycles. The van der Waals surface area contributed by atoms with Gasteiger partial charge in [0, 0.05) is 11.3 Å². The number of carboxylic acid groups (broad SMARTS) is 1. The fourth-order valence-electron chi connectivity index (χ4n) is 1.49. The number of hydrogen-bond donors (Lipinski definition) is 3. The van der Waals surface area contributed by atoms with Gasteiger partial charge >= 0.3 is 5.97 Å². The third kappa shape index (κ3) is 1.50. The molecule has 0 bridgehead atoms. The first kappa shape index (κ1) is 9.45. The SMILES string of the molecule is Cc1n[nH]c(C)c1-c1cc(C(=O)O)[nH]n1. The lowest BCUT2D eigenvalue weighted by Crippen LogP contribution is -1.95. The average Bonchev–Trinajstić information content (AvgIpc) is 2.73. The van der Waals surface area contributed by atoms with Gasteiger partial charge in [0.2, 0.25) is 0 Å². The lowest BCUT2D eigenvalue weighted by molar-refractivity contribution is 0.0690. The molecule has 0 fully saturated rings. The number of H-pyrrole nitrogens is 2. The van der Waals surface area contributed by atoms with E-state index >= 15 is 0 Å². The van der Waals surface area contributed by atoms with Crippen LogP contribution in [-0.4, -0.2) is 31.5 Å². The van der Waals surface area contributed by atoms with Gasteiger partial charge in [0.1, 0.15) is 5.69 Å². The summed E-state index contributed by atoms with van der Waals surface area (Å²) < 4.78 is 0. The standard InChI is InChI=1S/C9H10N4O2/c1-4-8(5(2)11-10-4)6-3-7(9(14)15)13-12-6/h3H,1-2H3,(H,10,11)(H,12,13)(H,14,15). The Hall–Kier alpha value is -2.11. The van der Waals surface area contributed by atoms with Crippen LogP contribution in [0.3, 0.4) is 0 Å². The first-order valence-electron chi connectivity index (χ1n) is 4.40. The van der Waals surface area contributed by atoms with Crippen LogP contribution in [0.2, 0.25) is 0 Å². The number of aromatic nitrogens is 4. The van der Waals surface area contributed by atoms with Gasteiger partial charge in [0.15, 0.2) is 0 Å². The maximum Gasteiger partial charge on any atom is 0.353 e.